The maximum Gasteiger partial charge on any atom is 0.341 e. The van der Waals surface area contributed by atoms with Gasteiger partial charge >= 0.3 is 5.97 Å². The Labute approximate surface area is 189 Å². The number of hydrogen-bond acceptors (Lipinski definition) is 5. The summed E-state index contributed by atoms with van der Waals surface area (Å²) in [5.41, 5.74) is 2.90. The van der Waals surface area contributed by atoms with Crippen molar-refractivity contribution in [3.63, 3.8) is 0 Å². The lowest BCUT2D eigenvalue weighted by atomic mass is 10.0. The van der Waals surface area contributed by atoms with Crippen molar-refractivity contribution in [3.8, 4) is 16.9 Å². The molecule has 8 heteroatoms. The Balaban J connectivity index is 1.41. The standard InChI is InChI=1S/C25H22N4O4/c1-2-33-25(32)20-14-28-29(16-20)23-12-22(30)21(15-26-23)24(31)27-13-17-8-10-19(11-9-17)18-6-4-3-5-7-18/h3-12,14-16H,2,13H2,1H3,(H,26,30)(H,27,31). The topological polar surface area (TPSA) is 106 Å². The van der Waals surface area contributed by atoms with Crippen molar-refractivity contribution in [2.45, 2.75) is 13.5 Å². The fourth-order valence-corrected chi connectivity index (χ4v) is 3.27. The van der Waals surface area contributed by atoms with Gasteiger partial charge < -0.3 is 15.0 Å². The summed E-state index contributed by atoms with van der Waals surface area (Å²) in [6.45, 7) is 2.25. The number of aromatic amines is 1. The average molecular weight is 442 g/mol. The van der Waals surface area contributed by atoms with Gasteiger partial charge in [-0.3, -0.25) is 9.59 Å². The van der Waals surface area contributed by atoms with Crippen molar-refractivity contribution >= 4 is 11.9 Å². The van der Waals surface area contributed by atoms with E-state index in [1.165, 1.54) is 29.3 Å². The molecule has 0 aliphatic heterocycles. The molecule has 0 aliphatic rings. The van der Waals surface area contributed by atoms with Gasteiger partial charge in [-0.15, -0.1) is 0 Å². The lowest BCUT2D eigenvalue weighted by Crippen LogP contribution is -2.28. The molecule has 0 atom stereocenters. The van der Waals surface area contributed by atoms with Crippen molar-refractivity contribution in [2.75, 3.05) is 6.61 Å². The number of H-pyrrole nitrogens is 1. The zero-order valence-corrected chi connectivity index (χ0v) is 17.9. The molecule has 2 aromatic heterocycles. The van der Waals surface area contributed by atoms with Crippen LogP contribution in [0.1, 0.15) is 33.2 Å². The Morgan fingerprint density at radius 1 is 1.06 bits per heavy atom. The molecular weight excluding hydrogens is 420 g/mol. The smallest absolute Gasteiger partial charge is 0.341 e. The second-order valence-corrected chi connectivity index (χ2v) is 7.24. The molecule has 0 aliphatic carbocycles. The zero-order chi connectivity index (χ0) is 23.2. The molecule has 2 N–H and O–H groups in total. The maximum absolute atomic E-state index is 12.5. The number of ether oxygens (including phenoxy) is 1. The minimum Gasteiger partial charge on any atom is -0.462 e. The predicted molar refractivity (Wildman–Crippen MR) is 123 cm³/mol. The summed E-state index contributed by atoms with van der Waals surface area (Å²) in [4.78, 5) is 39.7. The Hall–Kier alpha value is -4.46. The number of aromatic nitrogens is 3. The first-order chi connectivity index (χ1) is 16.0. The molecule has 0 saturated carbocycles. The number of benzene rings is 2. The normalized spacial score (nSPS) is 10.6. The van der Waals surface area contributed by atoms with E-state index < -0.39 is 17.3 Å². The van der Waals surface area contributed by atoms with Gasteiger partial charge in [-0.2, -0.15) is 5.10 Å². The number of pyridine rings is 1. The highest BCUT2D eigenvalue weighted by Crippen LogP contribution is 2.19. The van der Waals surface area contributed by atoms with E-state index in [0.29, 0.717) is 5.82 Å². The van der Waals surface area contributed by atoms with Gasteiger partial charge in [0.05, 0.1) is 18.4 Å². The van der Waals surface area contributed by atoms with Crippen LogP contribution >= 0.6 is 0 Å². The summed E-state index contributed by atoms with van der Waals surface area (Å²) < 4.78 is 6.26. The largest absolute Gasteiger partial charge is 0.462 e. The third-order valence-corrected chi connectivity index (χ3v) is 5.00. The number of carbonyl (C=O) groups excluding carboxylic acids is 2. The van der Waals surface area contributed by atoms with E-state index in [1.54, 1.807) is 6.92 Å². The molecule has 0 fully saturated rings. The van der Waals surface area contributed by atoms with Gasteiger partial charge in [-0.05, 0) is 23.6 Å². The van der Waals surface area contributed by atoms with Gasteiger partial charge in [0, 0.05) is 25.0 Å². The second kappa shape index (κ2) is 9.78. The van der Waals surface area contributed by atoms with Gasteiger partial charge in [0.1, 0.15) is 11.4 Å². The van der Waals surface area contributed by atoms with Crippen molar-refractivity contribution < 1.29 is 14.3 Å². The van der Waals surface area contributed by atoms with Crippen LogP contribution in [0.4, 0.5) is 0 Å². The second-order valence-electron chi connectivity index (χ2n) is 7.24. The lowest BCUT2D eigenvalue weighted by molar-refractivity contribution is 0.0526. The molecule has 2 heterocycles. The molecule has 0 bridgehead atoms. The van der Waals surface area contributed by atoms with Gasteiger partial charge in [-0.25, -0.2) is 9.48 Å². The van der Waals surface area contributed by atoms with E-state index in [4.69, 9.17) is 4.74 Å². The summed E-state index contributed by atoms with van der Waals surface area (Å²) in [5, 5.41) is 6.82. The van der Waals surface area contributed by atoms with Gasteiger partial charge in [0.2, 0.25) is 0 Å². The number of rotatable bonds is 7. The highest BCUT2D eigenvalue weighted by molar-refractivity contribution is 5.93. The first-order valence-electron chi connectivity index (χ1n) is 10.4. The highest BCUT2D eigenvalue weighted by Gasteiger charge is 2.14. The summed E-state index contributed by atoms with van der Waals surface area (Å²) in [5.74, 6) is -0.662. The molecule has 2 aromatic carbocycles. The van der Waals surface area contributed by atoms with Gasteiger partial charge in [-0.1, -0.05) is 54.6 Å². The molecule has 4 rings (SSSR count). The van der Waals surface area contributed by atoms with E-state index in [9.17, 15) is 14.4 Å². The third-order valence-electron chi connectivity index (χ3n) is 5.00. The van der Waals surface area contributed by atoms with Crippen LogP contribution < -0.4 is 10.7 Å². The van der Waals surface area contributed by atoms with Crippen LogP contribution in [0.2, 0.25) is 0 Å². The van der Waals surface area contributed by atoms with Crippen LogP contribution in [0.3, 0.4) is 0 Å². The van der Waals surface area contributed by atoms with E-state index in [1.807, 2.05) is 54.6 Å². The number of amides is 1. The van der Waals surface area contributed by atoms with E-state index in [2.05, 4.69) is 15.4 Å². The van der Waals surface area contributed by atoms with Crippen LogP contribution in [-0.2, 0) is 11.3 Å². The summed E-state index contributed by atoms with van der Waals surface area (Å²) in [7, 11) is 0. The SMILES string of the molecule is CCOC(=O)c1cnn(-c2cc(=O)c(C(=O)NCc3ccc(-c4ccccc4)cc3)c[nH]2)c1. The molecule has 4 aromatic rings. The Kier molecular flexibility index (Phi) is 6.45. The molecule has 0 unspecified atom stereocenters. The van der Waals surface area contributed by atoms with Crippen LogP contribution in [0.25, 0.3) is 16.9 Å². The molecule has 0 saturated heterocycles. The zero-order valence-electron chi connectivity index (χ0n) is 17.9. The number of esters is 1. The maximum atomic E-state index is 12.5. The lowest BCUT2D eigenvalue weighted by Gasteiger charge is -2.08. The van der Waals surface area contributed by atoms with E-state index in [-0.39, 0.29) is 24.3 Å². The Morgan fingerprint density at radius 3 is 2.48 bits per heavy atom. The number of carbonyl (C=O) groups is 2. The number of nitrogens with one attached hydrogen (secondary N) is 2. The number of nitrogens with zero attached hydrogens (tertiary/aromatic N) is 2. The fraction of sp³-hybridized carbons (Fsp3) is 0.120. The van der Waals surface area contributed by atoms with Crippen molar-refractivity contribution in [3.05, 3.63) is 106 Å². The van der Waals surface area contributed by atoms with Crippen LogP contribution in [-0.4, -0.2) is 33.2 Å². The summed E-state index contributed by atoms with van der Waals surface area (Å²) >= 11 is 0. The number of hydrogen-bond donors (Lipinski definition) is 2. The minimum atomic E-state index is -0.501. The Bertz CT molecular complexity index is 1320. The van der Waals surface area contributed by atoms with Crippen LogP contribution in [0.5, 0.6) is 0 Å². The predicted octanol–water partition coefficient (Wildman–Crippen LogP) is 3.33. The average Bonchev–Trinajstić information content (AvgIpc) is 3.34. The molecule has 1 amide bonds. The molecule has 0 spiro atoms. The fourth-order valence-electron chi connectivity index (χ4n) is 3.27. The molecule has 166 valence electrons. The molecular formula is C25H22N4O4. The monoisotopic (exact) mass is 442 g/mol. The van der Waals surface area contributed by atoms with Crippen molar-refractivity contribution in [2.24, 2.45) is 0 Å². The third kappa shape index (κ3) is 5.07. The van der Waals surface area contributed by atoms with Crippen molar-refractivity contribution in [1.82, 2.24) is 20.1 Å². The van der Waals surface area contributed by atoms with Gasteiger partial charge in [0.25, 0.3) is 5.91 Å². The highest BCUT2D eigenvalue weighted by atomic mass is 16.5. The van der Waals surface area contributed by atoms with Crippen LogP contribution in [0.15, 0.2) is 84.0 Å². The van der Waals surface area contributed by atoms with Crippen LogP contribution in [0, 0.1) is 0 Å². The van der Waals surface area contributed by atoms with E-state index >= 15 is 0 Å². The van der Waals surface area contributed by atoms with Gasteiger partial charge in [0.15, 0.2) is 5.43 Å². The summed E-state index contributed by atoms with van der Waals surface area (Å²) in [6, 6.07) is 19.1. The quantitative estimate of drug-likeness (QED) is 0.427. The summed E-state index contributed by atoms with van der Waals surface area (Å²) in [6.07, 6.45) is 4.12. The minimum absolute atomic E-state index is 0.0163. The Morgan fingerprint density at radius 2 is 1.79 bits per heavy atom. The van der Waals surface area contributed by atoms with E-state index in [0.717, 1.165) is 16.7 Å². The van der Waals surface area contributed by atoms with Crippen molar-refractivity contribution in [1.29, 1.82) is 0 Å². The first-order valence-corrected chi connectivity index (χ1v) is 10.4. The molecule has 8 nitrogen and oxygen atoms in total. The molecule has 0 radical (unpaired) electrons. The first kappa shape index (κ1) is 21.8. The molecule has 33 heavy (non-hydrogen) atoms.